The minimum absolute atomic E-state index is 0.0422. The van der Waals surface area contributed by atoms with Crippen LogP contribution in [0.1, 0.15) is 6.92 Å². The zero-order chi connectivity index (χ0) is 9.02. The zero-order valence-electron chi connectivity index (χ0n) is 5.85. The Hall–Kier alpha value is -1.43. The van der Waals surface area contributed by atoms with Gasteiger partial charge in [-0.2, -0.15) is 0 Å². The summed E-state index contributed by atoms with van der Waals surface area (Å²) in [4.78, 5) is 30.4. The molecule has 62 valence electrons. The van der Waals surface area contributed by atoms with E-state index >= 15 is 0 Å². The first-order valence-corrected chi connectivity index (χ1v) is 2.76. The number of aldehydes is 1. The smallest absolute Gasteiger partial charge is 0.327 e. The number of aliphatic carboxylic acids is 1. The molecule has 0 saturated carbocycles. The number of hydrogen-bond donors (Lipinski definition) is 2. The van der Waals surface area contributed by atoms with Crippen LogP contribution < -0.4 is 5.84 Å². The summed E-state index contributed by atoms with van der Waals surface area (Å²) in [5.41, 5.74) is 0. The largest absolute Gasteiger partial charge is 0.480 e. The number of hydrazine groups is 1. The van der Waals surface area contributed by atoms with Gasteiger partial charge in [-0.25, -0.2) is 10.6 Å². The number of nitrogens with zero attached hydrogens (tertiary/aromatic N) is 1. The highest BCUT2D eigenvalue weighted by molar-refractivity contribution is 6.23. The van der Waals surface area contributed by atoms with Crippen molar-refractivity contribution >= 4 is 18.2 Å². The maximum absolute atomic E-state index is 10.4. The molecule has 6 heteroatoms. The van der Waals surface area contributed by atoms with E-state index < -0.39 is 17.9 Å². The van der Waals surface area contributed by atoms with Gasteiger partial charge in [0, 0.05) is 0 Å². The van der Waals surface area contributed by atoms with Crippen molar-refractivity contribution in [2.45, 2.75) is 13.0 Å². The highest BCUT2D eigenvalue weighted by atomic mass is 16.4. The van der Waals surface area contributed by atoms with Gasteiger partial charge in [0.2, 0.25) is 6.29 Å². The molecule has 0 spiro atoms. The van der Waals surface area contributed by atoms with Crippen molar-refractivity contribution in [3.63, 3.8) is 0 Å². The molecule has 0 rings (SSSR count). The van der Waals surface area contributed by atoms with Crippen LogP contribution in [0.2, 0.25) is 0 Å². The van der Waals surface area contributed by atoms with Crippen LogP contribution in [0.25, 0.3) is 0 Å². The number of carboxylic acids is 1. The van der Waals surface area contributed by atoms with E-state index in [0.29, 0.717) is 5.01 Å². The number of nitrogens with two attached hydrogens (primary N) is 1. The van der Waals surface area contributed by atoms with Crippen LogP contribution in [-0.2, 0) is 14.4 Å². The van der Waals surface area contributed by atoms with Gasteiger partial charge in [0.15, 0.2) is 0 Å². The molecular formula is C5H8N2O4. The summed E-state index contributed by atoms with van der Waals surface area (Å²) in [6, 6.07) is -1.19. The lowest BCUT2D eigenvalue weighted by Gasteiger charge is -2.17. The van der Waals surface area contributed by atoms with Crippen LogP contribution in [0.4, 0.5) is 0 Å². The number of carbonyl (C=O) groups is 3. The standard InChI is InChI=1S/C5H8N2O4/c1-3(5(10)11)7(6)4(9)2-8/h2-3H,6H2,1H3,(H,10,11)/t3-/m0/s1. The fourth-order valence-corrected chi connectivity index (χ4v) is 0.371. The Kier molecular flexibility index (Phi) is 3.19. The number of rotatable bonds is 3. The van der Waals surface area contributed by atoms with Crippen LogP contribution >= 0.6 is 0 Å². The van der Waals surface area contributed by atoms with Crippen molar-refractivity contribution in [2.75, 3.05) is 0 Å². The van der Waals surface area contributed by atoms with Crippen LogP contribution in [0, 0.1) is 0 Å². The molecule has 0 radical (unpaired) electrons. The molecule has 0 unspecified atom stereocenters. The van der Waals surface area contributed by atoms with Gasteiger partial charge in [-0.05, 0) is 6.92 Å². The third kappa shape index (κ3) is 2.34. The molecule has 0 bridgehead atoms. The Morgan fingerprint density at radius 1 is 1.64 bits per heavy atom. The van der Waals surface area contributed by atoms with E-state index in [9.17, 15) is 14.4 Å². The topological polar surface area (TPSA) is 101 Å². The predicted molar refractivity (Wildman–Crippen MR) is 34.2 cm³/mol. The summed E-state index contributed by atoms with van der Waals surface area (Å²) in [6.45, 7) is 1.20. The normalized spacial score (nSPS) is 11.8. The molecule has 0 aromatic carbocycles. The molecule has 0 aliphatic carbocycles. The van der Waals surface area contributed by atoms with Gasteiger partial charge in [-0.1, -0.05) is 0 Å². The van der Waals surface area contributed by atoms with Crippen LogP contribution in [-0.4, -0.2) is 34.3 Å². The summed E-state index contributed by atoms with van der Waals surface area (Å²) in [6.07, 6.45) is -0.0422. The Morgan fingerprint density at radius 2 is 2.09 bits per heavy atom. The van der Waals surface area contributed by atoms with Gasteiger partial charge in [0.25, 0.3) is 0 Å². The van der Waals surface area contributed by atoms with Crippen molar-refractivity contribution in [3.05, 3.63) is 0 Å². The van der Waals surface area contributed by atoms with Gasteiger partial charge < -0.3 is 5.11 Å². The number of carboxylic acid groups (broad SMARTS) is 1. The second kappa shape index (κ2) is 3.67. The minimum Gasteiger partial charge on any atom is -0.480 e. The lowest BCUT2D eigenvalue weighted by Crippen LogP contribution is -2.48. The molecule has 0 aromatic heterocycles. The molecule has 1 amide bonds. The molecule has 11 heavy (non-hydrogen) atoms. The Morgan fingerprint density at radius 3 is 2.36 bits per heavy atom. The minimum atomic E-state index is -1.26. The summed E-state index contributed by atoms with van der Waals surface area (Å²) in [5.74, 6) is 2.63. The maximum atomic E-state index is 10.4. The van der Waals surface area contributed by atoms with Crippen molar-refractivity contribution in [1.29, 1.82) is 0 Å². The van der Waals surface area contributed by atoms with Crippen LogP contribution in [0.3, 0.4) is 0 Å². The third-order valence-electron chi connectivity index (χ3n) is 1.13. The van der Waals surface area contributed by atoms with E-state index in [2.05, 4.69) is 0 Å². The van der Waals surface area contributed by atoms with E-state index in [-0.39, 0.29) is 6.29 Å². The molecule has 0 aliphatic heterocycles. The van der Waals surface area contributed by atoms with E-state index in [1.807, 2.05) is 0 Å². The first-order valence-electron chi connectivity index (χ1n) is 2.76. The summed E-state index contributed by atoms with van der Waals surface area (Å²) in [7, 11) is 0. The van der Waals surface area contributed by atoms with Crippen LogP contribution in [0.5, 0.6) is 0 Å². The lowest BCUT2D eigenvalue weighted by atomic mass is 10.3. The highest BCUT2D eigenvalue weighted by Gasteiger charge is 2.21. The first kappa shape index (κ1) is 9.57. The summed E-state index contributed by atoms with van der Waals surface area (Å²) in [5, 5.41) is 8.66. The molecule has 6 nitrogen and oxygen atoms in total. The van der Waals surface area contributed by atoms with E-state index in [0.717, 1.165) is 0 Å². The van der Waals surface area contributed by atoms with Gasteiger partial charge >= 0.3 is 11.9 Å². The van der Waals surface area contributed by atoms with Gasteiger partial charge in [-0.3, -0.25) is 14.6 Å². The monoisotopic (exact) mass is 160 g/mol. The van der Waals surface area contributed by atoms with Gasteiger partial charge in [-0.15, -0.1) is 0 Å². The van der Waals surface area contributed by atoms with E-state index in [1.54, 1.807) is 0 Å². The molecule has 1 atom stereocenters. The van der Waals surface area contributed by atoms with Gasteiger partial charge in [0.05, 0.1) is 0 Å². The van der Waals surface area contributed by atoms with Crippen molar-refractivity contribution < 1.29 is 19.5 Å². The Labute approximate surface area is 62.5 Å². The van der Waals surface area contributed by atoms with Crippen molar-refractivity contribution in [3.8, 4) is 0 Å². The Balaban J connectivity index is 4.23. The highest BCUT2D eigenvalue weighted by Crippen LogP contribution is 1.90. The average Bonchev–Trinajstić information content (AvgIpc) is 2.00. The third-order valence-corrected chi connectivity index (χ3v) is 1.13. The molecule has 0 saturated heterocycles. The Bertz CT molecular complexity index is 191. The van der Waals surface area contributed by atoms with Crippen molar-refractivity contribution in [2.24, 2.45) is 5.84 Å². The quantitative estimate of drug-likeness (QED) is 0.169. The molecule has 0 aliphatic rings. The van der Waals surface area contributed by atoms with Gasteiger partial charge in [0.1, 0.15) is 6.04 Å². The first-order chi connectivity index (χ1) is 5.00. The fourth-order valence-electron chi connectivity index (χ4n) is 0.371. The second-order valence-electron chi connectivity index (χ2n) is 1.88. The van der Waals surface area contributed by atoms with Crippen molar-refractivity contribution in [1.82, 2.24) is 5.01 Å². The molecular weight excluding hydrogens is 152 g/mol. The number of hydrogen-bond acceptors (Lipinski definition) is 4. The molecule has 0 aromatic rings. The molecule has 3 N–H and O–H groups in total. The maximum Gasteiger partial charge on any atom is 0.327 e. The summed E-state index contributed by atoms with van der Waals surface area (Å²) >= 11 is 0. The van der Waals surface area contributed by atoms with E-state index in [4.69, 9.17) is 10.9 Å². The predicted octanol–water partition coefficient (Wildman–Crippen LogP) is -1.64. The number of carbonyl (C=O) groups excluding carboxylic acids is 2. The fraction of sp³-hybridized carbons (Fsp3) is 0.400. The summed E-state index contributed by atoms with van der Waals surface area (Å²) < 4.78 is 0. The molecule has 0 fully saturated rings. The zero-order valence-corrected chi connectivity index (χ0v) is 5.85. The van der Waals surface area contributed by atoms with Crippen LogP contribution in [0.15, 0.2) is 0 Å². The van der Waals surface area contributed by atoms with E-state index in [1.165, 1.54) is 6.92 Å². The number of amides is 1. The SMILES string of the molecule is C[C@@H](C(=O)O)N(N)C(=O)C=O. The lowest BCUT2D eigenvalue weighted by molar-refractivity contribution is -0.150. The average molecular weight is 160 g/mol. The molecule has 0 heterocycles. The second-order valence-corrected chi connectivity index (χ2v) is 1.88.